The molecule has 2 unspecified atom stereocenters. The maximum absolute atomic E-state index is 6.18. The molecule has 1 aromatic rings. The number of likely N-dealkylation sites (tertiary alicyclic amines) is 1. The second kappa shape index (κ2) is 6.57. The van der Waals surface area contributed by atoms with E-state index >= 15 is 0 Å². The fourth-order valence-electron chi connectivity index (χ4n) is 3.10. The van der Waals surface area contributed by atoms with Gasteiger partial charge in [0.2, 0.25) is 0 Å². The molecule has 2 atom stereocenters. The van der Waals surface area contributed by atoms with Crippen molar-refractivity contribution in [2.24, 2.45) is 11.7 Å². The lowest BCUT2D eigenvalue weighted by molar-refractivity contribution is 0.0661. The van der Waals surface area contributed by atoms with E-state index in [1.807, 2.05) is 12.1 Å². The van der Waals surface area contributed by atoms with Crippen LogP contribution in [0.2, 0.25) is 5.02 Å². The van der Waals surface area contributed by atoms with Gasteiger partial charge >= 0.3 is 0 Å². The molecule has 0 amide bonds. The molecule has 0 bridgehead atoms. The number of halogens is 2. The highest BCUT2D eigenvalue weighted by Crippen LogP contribution is 2.40. The van der Waals surface area contributed by atoms with Crippen molar-refractivity contribution in [2.45, 2.75) is 38.8 Å². The van der Waals surface area contributed by atoms with E-state index in [1.54, 1.807) is 0 Å². The lowest BCUT2D eigenvalue weighted by Crippen LogP contribution is -2.45. The minimum Gasteiger partial charge on any atom is -0.330 e. The molecule has 0 radical (unpaired) electrons. The number of nitrogens with two attached hydrogens (primary N) is 1. The molecular weight excluding hydrogens is 324 g/mol. The van der Waals surface area contributed by atoms with Gasteiger partial charge < -0.3 is 5.73 Å². The number of benzene rings is 1. The fraction of sp³-hybridized carbons (Fsp3) is 0.600. The van der Waals surface area contributed by atoms with Crippen molar-refractivity contribution in [3.05, 3.63) is 33.3 Å². The Labute approximate surface area is 129 Å². The Hall–Kier alpha value is -0.0900. The highest BCUT2D eigenvalue weighted by Gasteiger charge is 2.34. The van der Waals surface area contributed by atoms with Crippen LogP contribution in [0.1, 0.15) is 38.3 Å². The topological polar surface area (TPSA) is 29.3 Å². The third-order valence-corrected chi connectivity index (χ3v) is 5.00. The summed E-state index contributed by atoms with van der Waals surface area (Å²) < 4.78 is 1.13. The molecule has 2 nitrogen and oxygen atoms in total. The maximum Gasteiger partial charge on any atom is 0.0410 e. The molecule has 1 aromatic carbocycles. The number of nitrogens with zero attached hydrogens (tertiary/aromatic N) is 1. The Morgan fingerprint density at radius 1 is 1.47 bits per heavy atom. The zero-order valence-electron chi connectivity index (χ0n) is 11.6. The molecule has 0 saturated carbocycles. The molecule has 0 spiro atoms. The number of piperidine rings is 1. The number of rotatable bonds is 3. The first-order chi connectivity index (χ1) is 9.04. The quantitative estimate of drug-likeness (QED) is 0.888. The number of hydrogen-bond donors (Lipinski definition) is 1. The van der Waals surface area contributed by atoms with Crippen LogP contribution in [0, 0.1) is 5.92 Å². The van der Waals surface area contributed by atoms with Gasteiger partial charge in [0.25, 0.3) is 0 Å². The SMILES string of the molecule is CC(C)N1CCCC(CN)C1c1cc(Cl)ccc1Br. The first-order valence-corrected chi connectivity index (χ1v) is 8.12. The molecule has 19 heavy (non-hydrogen) atoms. The van der Waals surface area contributed by atoms with E-state index in [1.165, 1.54) is 18.4 Å². The van der Waals surface area contributed by atoms with Gasteiger partial charge in [-0.15, -0.1) is 0 Å². The second-order valence-electron chi connectivity index (χ2n) is 5.58. The third kappa shape index (κ3) is 3.33. The first-order valence-electron chi connectivity index (χ1n) is 6.95. The molecule has 1 aliphatic heterocycles. The molecular formula is C15H22BrClN2. The van der Waals surface area contributed by atoms with Crippen LogP contribution in [0.15, 0.2) is 22.7 Å². The number of hydrogen-bond acceptors (Lipinski definition) is 2. The summed E-state index contributed by atoms with van der Waals surface area (Å²) in [5.74, 6) is 0.505. The zero-order valence-corrected chi connectivity index (χ0v) is 13.9. The van der Waals surface area contributed by atoms with E-state index in [0.717, 1.165) is 22.6 Å². The van der Waals surface area contributed by atoms with E-state index in [2.05, 4.69) is 40.7 Å². The predicted molar refractivity (Wildman–Crippen MR) is 85.5 cm³/mol. The van der Waals surface area contributed by atoms with Crippen molar-refractivity contribution in [1.82, 2.24) is 4.90 Å². The largest absolute Gasteiger partial charge is 0.330 e. The summed E-state index contributed by atoms with van der Waals surface area (Å²) in [6.07, 6.45) is 2.43. The molecule has 1 aliphatic rings. The van der Waals surface area contributed by atoms with Crippen LogP contribution in [0.3, 0.4) is 0 Å². The summed E-state index contributed by atoms with van der Waals surface area (Å²) in [6.45, 7) is 6.37. The average Bonchev–Trinajstić information content (AvgIpc) is 2.40. The molecule has 0 aliphatic carbocycles. The van der Waals surface area contributed by atoms with Gasteiger partial charge in [-0.1, -0.05) is 27.5 Å². The summed E-state index contributed by atoms with van der Waals surface area (Å²) in [6, 6.07) is 6.93. The van der Waals surface area contributed by atoms with Crippen LogP contribution in [0.25, 0.3) is 0 Å². The van der Waals surface area contributed by atoms with Crippen LogP contribution in [-0.4, -0.2) is 24.0 Å². The Balaban J connectivity index is 2.42. The molecule has 2 N–H and O–H groups in total. The summed E-state index contributed by atoms with van der Waals surface area (Å²) in [7, 11) is 0. The van der Waals surface area contributed by atoms with Gasteiger partial charge in [-0.25, -0.2) is 0 Å². The summed E-state index contributed by atoms with van der Waals surface area (Å²) in [5.41, 5.74) is 7.28. The van der Waals surface area contributed by atoms with Crippen LogP contribution in [0.4, 0.5) is 0 Å². The van der Waals surface area contributed by atoms with E-state index in [0.29, 0.717) is 18.0 Å². The average molecular weight is 346 g/mol. The molecule has 1 heterocycles. The van der Waals surface area contributed by atoms with Crippen LogP contribution < -0.4 is 5.73 Å². The van der Waals surface area contributed by atoms with Gasteiger partial charge in [-0.05, 0) is 69.5 Å². The second-order valence-corrected chi connectivity index (χ2v) is 6.87. The Bertz CT molecular complexity index is 436. The Morgan fingerprint density at radius 3 is 2.84 bits per heavy atom. The molecule has 1 fully saturated rings. The van der Waals surface area contributed by atoms with Crippen LogP contribution in [0.5, 0.6) is 0 Å². The normalized spacial score (nSPS) is 24.9. The van der Waals surface area contributed by atoms with Gasteiger partial charge in [-0.2, -0.15) is 0 Å². The van der Waals surface area contributed by atoms with Gasteiger partial charge in [0, 0.05) is 21.6 Å². The molecule has 0 aromatic heterocycles. The van der Waals surface area contributed by atoms with E-state index in [9.17, 15) is 0 Å². The molecule has 4 heteroatoms. The molecule has 106 valence electrons. The monoisotopic (exact) mass is 344 g/mol. The van der Waals surface area contributed by atoms with E-state index in [-0.39, 0.29) is 0 Å². The maximum atomic E-state index is 6.18. The minimum atomic E-state index is 0.367. The third-order valence-electron chi connectivity index (χ3n) is 4.04. The fourth-order valence-corrected chi connectivity index (χ4v) is 3.77. The van der Waals surface area contributed by atoms with Crippen molar-refractivity contribution < 1.29 is 0 Å². The molecule has 2 rings (SSSR count). The standard InChI is InChI=1S/C15H22BrClN2/c1-10(2)19-7-3-4-11(9-18)15(19)13-8-12(17)5-6-14(13)16/h5-6,8,10-11,15H,3-4,7,9,18H2,1-2H3. The van der Waals surface area contributed by atoms with Gasteiger partial charge in [-0.3, -0.25) is 4.90 Å². The van der Waals surface area contributed by atoms with E-state index < -0.39 is 0 Å². The summed E-state index contributed by atoms with van der Waals surface area (Å²) in [5, 5.41) is 0.795. The highest BCUT2D eigenvalue weighted by atomic mass is 79.9. The van der Waals surface area contributed by atoms with Crippen molar-refractivity contribution in [2.75, 3.05) is 13.1 Å². The lowest BCUT2D eigenvalue weighted by Gasteiger charge is -2.44. The summed E-state index contributed by atoms with van der Waals surface area (Å²) >= 11 is 9.86. The van der Waals surface area contributed by atoms with Crippen molar-refractivity contribution in [3.8, 4) is 0 Å². The summed E-state index contributed by atoms with van der Waals surface area (Å²) in [4.78, 5) is 2.55. The Morgan fingerprint density at radius 2 is 2.21 bits per heavy atom. The predicted octanol–water partition coefficient (Wildman–Crippen LogP) is 4.22. The lowest BCUT2D eigenvalue weighted by atomic mass is 9.84. The van der Waals surface area contributed by atoms with E-state index in [4.69, 9.17) is 17.3 Å². The smallest absolute Gasteiger partial charge is 0.0410 e. The highest BCUT2D eigenvalue weighted by molar-refractivity contribution is 9.10. The molecule has 1 saturated heterocycles. The zero-order chi connectivity index (χ0) is 14.0. The van der Waals surface area contributed by atoms with Gasteiger partial charge in [0.1, 0.15) is 0 Å². The van der Waals surface area contributed by atoms with Crippen LogP contribution >= 0.6 is 27.5 Å². The minimum absolute atomic E-state index is 0.367. The first kappa shape index (κ1) is 15.3. The van der Waals surface area contributed by atoms with Crippen molar-refractivity contribution in [3.63, 3.8) is 0 Å². The van der Waals surface area contributed by atoms with Crippen molar-refractivity contribution >= 4 is 27.5 Å². The Kier molecular flexibility index (Phi) is 5.29. The van der Waals surface area contributed by atoms with Crippen LogP contribution in [-0.2, 0) is 0 Å². The van der Waals surface area contributed by atoms with Gasteiger partial charge in [0.05, 0.1) is 0 Å². The van der Waals surface area contributed by atoms with Crippen molar-refractivity contribution in [1.29, 1.82) is 0 Å². The van der Waals surface area contributed by atoms with Gasteiger partial charge in [0.15, 0.2) is 0 Å².